The number of allylic oxidation sites excluding steroid dienone is 1. The first-order valence-corrected chi connectivity index (χ1v) is 16.9. The summed E-state index contributed by atoms with van der Waals surface area (Å²) in [6, 6.07) is 10.6. The maximum absolute atomic E-state index is 15.4. The summed E-state index contributed by atoms with van der Waals surface area (Å²) in [5, 5.41) is 9.13. The van der Waals surface area contributed by atoms with Gasteiger partial charge in [0, 0.05) is 36.1 Å². The lowest BCUT2D eigenvalue weighted by Gasteiger charge is -2.29. The van der Waals surface area contributed by atoms with Crippen LogP contribution in [-0.2, 0) is 33.7 Å². The maximum atomic E-state index is 15.4. The van der Waals surface area contributed by atoms with Gasteiger partial charge in [-0.2, -0.15) is 10.1 Å². The highest BCUT2D eigenvalue weighted by Crippen LogP contribution is 2.32. The minimum absolute atomic E-state index is 0.0908. The van der Waals surface area contributed by atoms with Crippen LogP contribution in [0.2, 0.25) is 0 Å². The smallest absolute Gasteiger partial charge is 0.330 e. The minimum atomic E-state index is -0.851. The van der Waals surface area contributed by atoms with E-state index >= 15 is 4.39 Å². The lowest BCUT2D eigenvalue weighted by atomic mass is 10.00. The average molecular weight is 704 g/mol. The molecule has 1 fully saturated rings. The molecule has 1 aliphatic heterocycles. The number of benzene rings is 2. The van der Waals surface area contributed by atoms with Gasteiger partial charge < -0.3 is 20.5 Å². The van der Waals surface area contributed by atoms with Gasteiger partial charge in [0.25, 0.3) is 0 Å². The van der Waals surface area contributed by atoms with Crippen molar-refractivity contribution >= 4 is 29.1 Å². The van der Waals surface area contributed by atoms with E-state index < -0.39 is 29.2 Å². The molecule has 5 rings (SSSR count). The largest absolute Gasteiger partial charge is 0.457 e. The van der Waals surface area contributed by atoms with Gasteiger partial charge in [0.15, 0.2) is 11.6 Å². The third-order valence-corrected chi connectivity index (χ3v) is 8.52. The Labute approximate surface area is 295 Å². The Morgan fingerprint density at radius 3 is 2.53 bits per heavy atom. The highest BCUT2D eigenvalue weighted by atomic mass is 19.1. The molecule has 0 atom stereocenters. The molecule has 4 N–H and O–H groups in total. The van der Waals surface area contributed by atoms with Gasteiger partial charge >= 0.3 is 12.0 Å². The molecule has 0 spiro atoms. The van der Waals surface area contributed by atoms with Gasteiger partial charge in [-0.1, -0.05) is 18.2 Å². The van der Waals surface area contributed by atoms with E-state index in [1.54, 1.807) is 17.5 Å². The molecule has 3 amide bonds. The Balaban J connectivity index is 1.30. The monoisotopic (exact) mass is 703 g/mol. The van der Waals surface area contributed by atoms with Crippen molar-refractivity contribution in [2.24, 2.45) is 5.73 Å². The van der Waals surface area contributed by atoms with Crippen LogP contribution in [0.15, 0.2) is 67.0 Å². The number of imide groups is 1. The first-order valence-electron chi connectivity index (χ1n) is 16.9. The molecule has 4 aromatic rings. The first kappa shape index (κ1) is 37.1. The van der Waals surface area contributed by atoms with Crippen molar-refractivity contribution in [3.8, 4) is 11.6 Å². The predicted molar refractivity (Wildman–Crippen MR) is 187 cm³/mol. The topological polar surface area (TPSA) is 153 Å². The molecule has 270 valence electrons. The van der Waals surface area contributed by atoms with Crippen molar-refractivity contribution in [2.45, 2.75) is 77.5 Å². The SMILES string of the molecule is C/C=C/C(=O)OC(C)(C)CCCc1cc(CN2CCC(N)CC2)c2c(Oc3ccc(NC(=O)NC(=O)Cc4ccc(F)cc4)cc3F)ncnn12. The van der Waals surface area contributed by atoms with Gasteiger partial charge in [0.1, 0.15) is 23.3 Å². The Morgan fingerprint density at radius 1 is 1.08 bits per heavy atom. The number of hydrogen-bond donors (Lipinski definition) is 3. The van der Waals surface area contributed by atoms with Crippen LogP contribution in [0.25, 0.3) is 5.52 Å². The molecular formula is C37H43F2N7O5. The number of ether oxygens (including phenoxy) is 2. The molecule has 1 saturated heterocycles. The summed E-state index contributed by atoms with van der Waals surface area (Å²) in [5.74, 6) is -2.17. The Kier molecular flexibility index (Phi) is 12.1. The molecule has 3 heterocycles. The van der Waals surface area contributed by atoms with Crippen LogP contribution in [0.5, 0.6) is 11.6 Å². The quantitative estimate of drug-likeness (QED) is 0.115. The van der Waals surface area contributed by atoms with Gasteiger partial charge in [0.05, 0.1) is 6.42 Å². The molecule has 1 aliphatic rings. The number of nitrogens with one attached hydrogen (secondary N) is 2. The number of urea groups is 1. The number of hydrogen-bond acceptors (Lipinski definition) is 9. The Hall–Kier alpha value is -5.21. The number of esters is 1. The van der Waals surface area contributed by atoms with Crippen molar-refractivity contribution in [2.75, 3.05) is 18.4 Å². The number of aryl methyl sites for hydroxylation is 1. The molecule has 2 aromatic heterocycles. The summed E-state index contributed by atoms with van der Waals surface area (Å²) in [6.45, 7) is 7.77. The summed E-state index contributed by atoms with van der Waals surface area (Å²) in [7, 11) is 0. The van der Waals surface area contributed by atoms with E-state index in [0.717, 1.165) is 43.3 Å². The second-order valence-electron chi connectivity index (χ2n) is 13.2. The molecule has 0 bridgehead atoms. The van der Waals surface area contributed by atoms with E-state index in [1.807, 2.05) is 13.8 Å². The number of nitrogens with zero attached hydrogens (tertiary/aromatic N) is 4. The molecule has 14 heteroatoms. The maximum Gasteiger partial charge on any atom is 0.330 e. The van der Waals surface area contributed by atoms with E-state index in [4.69, 9.17) is 15.2 Å². The number of nitrogens with two attached hydrogens (primary N) is 1. The number of carbonyl (C=O) groups is 3. The van der Waals surface area contributed by atoms with E-state index in [0.29, 0.717) is 36.9 Å². The first-order chi connectivity index (χ1) is 24.4. The van der Waals surface area contributed by atoms with Crippen molar-refractivity contribution in [3.63, 3.8) is 0 Å². The van der Waals surface area contributed by atoms with Gasteiger partial charge in [-0.25, -0.2) is 22.9 Å². The molecule has 12 nitrogen and oxygen atoms in total. The van der Waals surface area contributed by atoms with Crippen LogP contribution in [0, 0.1) is 11.6 Å². The van der Waals surface area contributed by atoms with Crippen LogP contribution in [0.1, 0.15) is 63.3 Å². The number of fused-ring (bicyclic) bond motifs is 1. The van der Waals surface area contributed by atoms with E-state index in [2.05, 4.69) is 31.7 Å². The summed E-state index contributed by atoms with van der Waals surface area (Å²) in [4.78, 5) is 43.4. The van der Waals surface area contributed by atoms with E-state index in [9.17, 15) is 18.8 Å². The number of amides is 3. The standard InChI is InChI=1S/C37H43F2N7O5/c1-4-6-33(48)51-37(2,3)16-5-7-29-20-25(22-45-17-14-27(40)15-18-45)34-35(41-23-42-46(29)34)50-31-13-12-28(21-30(31)39)43-36(49)44-32(47)19-24-8-10-26(38)11-9-24/h4,6,8-13,20-21,23,27H,5,7,14-19,22,40H2,1-3H3,(H2,43,44,47,49)/b6-4+. The third kappa shape index (κ3) is 10.4. The number of anilines is 1. The fourth-order valence-electron chi connectivity index (χ4n) is 5.96. The number of likely N-dealkylation sites (tertiary alicyclic amines) is 1. The summed E-state index contributed by atoms with van der Waals surface area (Å²) in [6.07, 6.45) is 7.95. The van der Waals surface area contributed by atoms with Crippen molar-refractivity contribution < 1.29 is 32.6 Å². The second kappa shape index (κ2) is 16.7. The second-order valence-corrected chi connectivity index (χ2v) is 13.2. The number of piperidine rings is 1. The zero-order chi connectivity index (χ0) is 36.5. The number of carbonyl (C=O) groups excluding carboxylic acids is 3. The zero-order valence-electron chi connectivity index (χ0n) is 29.0. The number of rotatable bonds is 13. The predicted octanol–water partition coefficient (Wildman–Crippen LogP) is 5.83. The molecule has 2 aromatic carbocycles. The number of halogens is 2. The van der Waals surface area contributed by atoms with Gasteiger partial charge in [-0.05, 0) is 107 Å². The molecular weight excluding hydrogens is 660 g/mol. The van der Waals surface area contributed by atoms with E-state index in [-0.39, 0.29) is 35.7 Å². The van der Waals surface area contributed by atoms with Crippen LogP contribution in [-0.4, -0.2) is 62.1 Å². The van der Waals surface area contributed by atoms with Gasteiger partial charge in [-0.3, -0.25) is 15.0 Å². The van der Waals surface area contributed by atoms with Crippen LogP contribution < -0.4 is 21.1 Å². The lowest BCUT2D eigenvalue weighted by molar-refractivity contribution is -0.150. The van der Waals surface area contributed by atoms with Crippen molar-refractivity contribution in [3.05, 3.63) is 95.5 Å². The normalized spacial score (nSPS) is 14.2. The Morgan fingerprint density at radius 2 is 1.82 bits per heavy atom. The van der Waals surface area contributed by atoms with Gasteiger partial charge in [-0.15, -0.1) is 0 Å². The van der Waals surface area contributed by atoms with E-state index in [1.165, 1.54) is 48.8 Å². The summed E-state index contributed by atoms with van der Waals surface area (Å²) < 4.78 is 41.9. The average Bonchev–Trinajstić information content (AvgIpc) is 3.41. The third-order valence-electron chi connectivity index (χ3n) is 8.52. The number of aromatic nitrogens is 3. The van der Waals surface area contributed by atoms with Gasteiger partial charge in [0.2, 0.25) is 11.8 Å². The minimum Gasteiger partial charge on any atom is -0.457 e. The Bertz CT molecular complexity index is 1890. The summed E-state index contributed by atoms with van der Waals surface area (Å²) in [5.41, 5.74) is 8.51. The van der Waals surface area contributed by atoms with Crippen LogP contribution in [0.4, 0.5) is 19.3 Å². The molecule has 51 heavy (non-hydrogen) atoms. The highest BCUT2D eigenvalue weighted by molar-refractivity contribution is 6.01. The van der Waals surface area contributed by atoms with Crippen molar-refractivity contribution in [1.29, 1.82) is 0 Å². The fraction of sp³-hybridized carbons (Fsp3) is 0.378. The van der Waals surface area contributed by atoms with Crippen LogP contribution >= 0.6 is 0 Å². The molecule has 0 aliphatic carbocycles. The van der Waals surface area contributed by atoms with Crippen LogP contribution in [0.3, 0.4) is 0 Å². The highest BCUT2D eigenvalue weighted by Gasteiger charge is 2.25. The zero-order valence-corrected chi connectivity index (χ0v) is 29.0. The lowest BCUT2D eigenvalue weighted by Crippen LogP contribution is -2.39. The summed E-state index contributed by atoms with van der Waals surface area (Å²) >= 11 is 0. The van der Waals surface area contributed by atoms with Crippen molar-refractivity contribution in [1.82, 2.24) is 24.8 Å². The molecule has 0 radical (unpaired) electrons. The molecule has 0 unspecified atom stereocenters. The molecule has 0 saturated carbocycles. The fourth-order valence-corrected chi connectivity index (χ4v) is 5.96.